The Morgan fingerprint density at radius 2 is 1.91 bits per heavy atom. The summed E-state index contributed by atoms with van der Waals surface area (Å²) < 4.78 is 20.2. The molecule has 2 aromatic rings. The third-order valence-electron chi connectivity index (χ3n) is 7.00. The molecule has 1 N–H and O–H groups in total. The number of hydrogen-bond donors (Lipinski definition) is 1. The molecule has 0 bridgehead atoms. The Hall–Kier alpha value is -3.20. The van der Waals surface area contributed by atoms with Crippen LogP contribution in [-0.4, -0.2) is 66.3 Å². The predicted molar refractivity (Wildman–Crippen MR) is 123 cm³/mol. The van der Waals surface area contributed by atoms with E-state index in [4.69, 9.17) is 4.42 Å². The Morgan fingerprint density at radius 1 is 1.12 bits per heavy atom. The molecule has 180 valence electrons. The molecule has 3 amide bonds. The monoisotopic (exact) mass is 468 g/mol. The van der Waals surface area contributed by atoms with Crippen molar-refractivity contribution < 1.29 is 23.2 Å². The molecule has 1 aromatic carbocycles. The van der Waals surface area contributed by atoms with Gasteiger partial charge in [0.05, 0.1) is 0 Å². The number of amides is 3. The molecule has 34 heavy (non-hydrogen) atoms. The molecule has 0 aliphatic carbocycles. The fourth-order valence-corrected chi connectivity index (χ4v) is 5.20. The van der Waals surface area contributed by atoms with Crippen LogP contribution in [0.15, 0.2) is 28.7 Å². The van der Waals surface area contributed by atoms with Gasteiger partial charge in [0.1, 0.15) is 23.4 Å². The molecular weight excluding hydrogens is 439 g/mol. The van der Waals surface area contributed by atoms with Gasteiger partial charge in [-0.25, -0.2) is 4.39 Å². The molecule has 5 rings (SSSR count). The van der Waals surface area contributed by atoms with Gasteiger partial charge >= 0.3 is 0 Å². The van der Waals surface area contributed by atoms with Gasteiger partial charge in [-0.3, -0.25) is 24.6 Å². The summed E-state index contributed by atoms with van der Waals surface area (Å²) in [5.41, 5.74) is 1.80. The number of piperidine rings is 1. The standard InChI is InChI=1S/C25H29FN4O4/c1-16-4-5-18(34-16)3-2-8-28-9-11-29(12-10-28)22-14-17(26)13-19-20(22)15-30(25(19)33)21-6-7-23(31)27-24(21)32/h4-5,13-14,21H,2-3,6-12,15H2,1H3,(H,27,31,32). The van der Waals surface area contributed by atoms with Crippen molar-refractivity contribution in [1.29, 1.82) is 0 Å². The molecule has 4 heterocycles. The molecule has 1 atom stereocenters. The van der Waals surface area contributed by atoms with Crippen molar-refractivity contribution in [2.45, 2.75) is 45.2 Å². The van der Waals surface area contributed by atoms with Crippen molar-refractivity contribution in [2.24, 2.45) is 0 Å². The molecule has 1 aromatic heterocycles. The number of hydrogen-bond acceptors (Lipinski definition) is 6. The molecule has 8 nitrogen and oxygen atoms in total. The lowest BCUT2D eigenvalue weighted by molar-refractivity contribution is -0.136. The SMILES string of the molecule is Cc1ccc(CCCN2CCN(c3cc(F)cc4c3CN(C3CCC(=O)NC3=O)C4=O)CC2)o1. The van der Waals surface area contributed by atoms with E-state index in [-0.39, 0.29) is 24.8 Å². The number of nitrogens with zero attached hydrogens (tertiary/aromatic N) is 3. The van der Waals surface area contributed by atoms with Crippen LogP contribution in [-0.2, 0) is 22.6 Å². The Balaban J connectivity index is 1.23. The average molecular weight is 469 g/mol. The van der Waals surface area contributed by atoms with Gasteiger partial charge in [0.2, 0.25) is 11.8 Å². The molecule has 1 unspecified atom stereocenters. The highest BCUT2D eigenvalue weighted by Crippen LogP contribution is 2.35. The van der Waals surface area contributed by atoms with Crippen LogP contribution < -0.4 is 10.2 Å². The Labute approximate surface area is 197 Å². The van der Waals surface area contributed by atoms with Crippen molar-refractivity contribution >= 4 is 23.4 Å². The average Bonchev–Trinajstić information content (AvgIpc) is 3.37. The number of carbonyl (C=O) groups excluding carboxylic acids is 3. The molecular formula is C25H29FN4O4. The number of piperazine rings is 1. The second-order valence-electron chi connectivity index (χ2n) is 9.30. The fraction of sp³-hybridized carbons (Fsp3) is 0.480. The second-order valence-corrected chi connectivity index (χ2v) is 9.30. The lowest BCUT2D eigenvalue weighted by Crippen LogP contribution is -2.52. The molecule has 0 saturated carbocycles. The number of furan rings is 1. The highest BCUT2D eigenvalue weighted by molar-refractivity contribution is 6.06. The highest BCUT2D eigenvalue weighted by Gasteiger charge is 2.41. The number of benzene rings is 1. The van der Waals surface area contributed by atoms with Crippen LogP contribution in [0, 0.1) is 12.7 Å². The number of imide groups is 1. The quantitative estimate of drug-likeness (QED) is 0.655. The van der Waals surface area contributed by atoms with E-state index < -0.39 is 17.8 Å². The molecule has 9 heteroatoms. The van der Waals surface area contributed by atoms with Crippen molar-refractivity contribution in [3.8, 4) is 0 Å². The van der Waals surface area contributed by atoms with E-state index in [1.54, 1.807) is 0 Å². The van der Waals surface area contributed by atoms with E-state index in [9.17, 15) is 18.8 Å². The first kappa shape index (κ1) is 22.6. The summed E-state index contributed by atoms with van der Waals surface area (Å²) in [6, 6.07) is 6.06. The summed E-state index contributed by atoms with van der Waals surface area (Å²) in [7, 11) is 0. The van der Waals surface area contributed by atoms with Gasteiger partial charge in [-0.1, -0.05) is 0 Å². The van der Waals surface area contributed by atoms with Crippen LogP contribution in [0.1, 0.15) is 46.7 Å². The van der Waals surface area contributed by atoms with E-state index >= 15 is 0 Å². The van der Waals surface area contributed by atoms with Crippen molar-refractivity contribution in [3.05, 3.63) is 52.7 Å². The zero-order valence-electron chi connectivity index (χ0n) is 19.3. The maximum Gasteiger partial charge on any atom is 0.255 e. The van der Waals surface area contributed by atoms with Gasteiger partial charge in [0.25, 0.3) is 5.91 Å². The van der Waals surface area contributed by atoms with Crippen LogP contribution >= 0.6 is 0 Å². The summed E-state index contributed by atoms with van der Waals surface area (Å²) in [4.78, 5) is 42.9. The van der Waals surface area contributed by atoms with Crippen molar-refractivity contribution in [3.63, 3.8) is 0 Å². The van der Waals surface area contributed by atoms with E-state index in [1.807, 2.05) is 19.1 Å². The number of halogens is 1. The van der Waals surface area contributed by atoms with Gasteiger partial charge in [-0.15, -0.1) is 0 Å². The van der Waals surface area contributed by atoms with E-state index in [2.05, 4.69) is 15.1 Å². The highest BCUT2D eigenvalue weighted by atomic mass is 19.1. The van der Waals surface area contributed by atoms with Crippen LogP contribution in [0.25, 0.3) is 0 Å². The lowest BCUT2D eigenvalue weighted by Gasteiger charge is -2.37. The summed E-state index contributed by atoms with van der Waals surface area (Å²) in [5.74, 6) is 0.352. The van der Waals surface area contributed by atoms with Gasteiger partial charge in [-0.2, -0.15) is 0 Å². The minimum Gasteiger partial charge on any atom is -0.466 e. The third kappa shape index (κ3) is 4.44. The Kier molecular flexibility index (Phi) is 6.12. The molecule has 3 aliphatic rings. The van der Waals surface area contributed by atoms with Crippen molar-refractivity contribution in [2.75, 3.05) is 37.6 Å². The first-order valence-electron chi connectivity index (χ1n) is 11.9. The smallest absolute Gasteiger partial charge is 0.255 e. The van der Waals surface area contributed by atoms with Crippen LogP contribution in [0.3, 0.4) is 0 Å². The van der Waals surface area contributed by atoms with Gasteiger partial charge < -0.3 is 14.2 Å². The second kappa shape index (κ2) is 9.21. The summed E-state index contributed by atoms with van der Waals surface area (Å²) in [6.07, 6.45) is 2.40. The number of anilines is 1. The largest absolute Gasteiger partial charge is 0.466 e. The summed E-state index contributed by atoms with van der Waals surface area (Å²) in [6.45, 7) is 6.35. The number of nitrogens with one attached hydrogen (secondary N) is 1. The minimum absolute atomic E-state index is 0.194. The number of aryl methyl sites for hydroxylation is 2. The number of rotatable bonds is 6. The van der Waals surface area contributed by atoms with Gasteiger partial charge in [0.15, 0.2) is 0 Å². The van der Waals surface area contributed by atoms with Crippen LogP contribution in [0.5, 0.6) is 0 Å². The van der Waals surface area contributed by atoms with E-state index in [1.165, 1.54) is 17.0 Å². The summed E-state index contributed by atoms with van der Waals surface area (Å²) >= 11 is 0. The maximum absolute atomic E-state index is 14.5. The minimum atomic E-state index is -0.705. The topological polar surface area (TPSA) is 86.1 Å². The normalized spacial score (nSPS) is 21.2. The first-order chi connectivity index (χ1) is 16.4. The number of carbonyl (C=O) groups is 3. The third-order valence-corrected chi connectivity index (χ3v) is 7.00. The molecule has 0 radical (unpaired) electrons. The van der Waals surface area contributed by atoms with E-state index in [0.717, 1.165) is 68.3 Å². The molecule has 2 saturated heterocycles. The van der Waals surface area contributed by atoms with E-state index in [0.29, 0.717) is 12.0 Å². The lowest BCUT2D eigenvalue weighted by atomic mass is 10.0. The van der Waals surface area contributed by atoms with Crippen LogP contribution in [0.2, 0.25) is 0 Å². The Morgan fingerprint density at radius 3 is 2.62 bits per heavy atom. The zero-order chi connectivity index (χ0) is 23.8. The fourth-order valence-electron chi connectivity index (χ4n) is 5.20. The zero-order valence-corrected chi connectivity index (χ0v) is 19.3. The molecule has 0 spiro atoms. The predicted octanol–water partition coefficient (Wildman–Crippen LogP) is 2.24. The maximum atomic E-state index is 14.5. The molecule has 3 aliphatic heterocycles. The first-order valence-corrected chi connectivity index (χ1v) is 11.9. The van der Waals surface area contributed by atoms with Crippen LogP contribution in [0.4, 0.5) is 10.1 Å². The van der Waals surface area contributed by atoms with Crippen molar-refractivity contribution in [1.82, 2.24) is 15.1 Å². The van der Waals surface area contributed by atoms with Gasteiger partial charge in [0, 0.05) is 62.4 Å². The number of fused-ring (bicyclic) bond motifs is 1. The Bertz CT molecular complexity index is 1120. The summed E-state index contributed by atoms with van der Waals surface area (Å²) in [5, 5.41) is 2.31. The van der Waals surface area contributed by atoms with Gasteiger partial charge in [-0.05, 0) is 50.6 Å². The molecule has 2 fully saturated rings.